The number of hydrogen-bond acceptors (Lipinski definition) is 3. The zero-order chi connectivity index (χ0) is 16.7. The van der Waals surface area contributed by atoms with E-state index in [1.165, 1.54) is 19.1 Å². The topological polar surface area (TPSA) is 58.2 Å². The lowest BCUT2D eigenvalue weighted by Crippen LogP contribution is -2.21. The molecule has 0 spiro atoms. The summed E-state index contributed by atoms with van der Waals surface area (Å²) < 4.78 is 12.8. The van der Waals surface area contributed by atoms with E-state index in [9.17, 15) is 14.0 Å². The van der Waals surface area contributed by atoms with Gasteiger partial charge < -0.3 is 10.6 Å². The number of benzene rings is 2. The first kappa shape index (κ1) is 16.8. The number of amides is 1. The molecule has 0 bridgehead atoms. The molecular formula is C18H19FN2O2. The van der Waals surface area contributed by atoms with E-state index in [-0.39, 0.29) is 17.5 Å². The van der Waals surface area contributed by atoms with Crippen molar-refractivity contribution >= 4 is 17.4 Å². The summed E-state index contributed by atoms with van der Waals surface area (Å²) in [5, 5.41) is 5.91. The van der Waals surface area contributed by atoms with Gasteiger partial charge in [-0.1, -0.05) is 12.1 Å². The molecule has 0 unspecified atom stereocenters. The number of carbonyl (C=O) groups excluding carboxylic acids is 2. The van der Waals surface area contributed by atoms with Gasteiger partial charge >= 0.3 is 0 Å². The third-order valence-electron chi connectivity index (χ3n) is 3.35. The highest BCUT2D eigenvalue weighted by Gasteiger charge is 2.03. The minimum atomic E-state index is -0.260. The smallest absolute Gasteiger partial charge is 0.225 e. The monoisotopic (exact) mass is 314 g/mol. The summed E-state index contributed by atoms with van der Waals surface area (Å²) >= 11 is 0. The number of rotatable bonds is 7. The minimum Gasteiger partial charge on any atom is -0.326 e. The van der Waals surface area contributed by atoms with Crippen LogP contribution in [0.4, 0.5) is 10.1 Å². The fraction of sp³-hybridized carbons (Fsp3) is 0.222. The van der Waals surface area contributed by atoms with Crippen molar-refractivity contribution in [3.8, 4) is 0 Å². The van der Waals surface area contributed by atoms with Crippen molar-refractivity contribution in [2.75, 3.05) is 11.9 Å². The number of anilines is 1. The van der Waals surface area contributed by atoms with Crippen LogP contribution >= 0.6 is 0 Å². The van der Waals surface area contributed by atoms with Crippen LogP contribution in [-0.4, -0.2) is 18.2 Å². The molecule has 4 nitrogen and oxygen atoms in total. The van der Waals surface area contributed by atoms with Gasteiger partial charge in [-0.15, -0.1) is 0 Å². The average Bonchev–Trinajstić information content (AvgIpc) is 2.54. The van der Waals surface area contributed by atoms with Gasteiger partial charge in [0.25, 0.3) is 0 Å². The van der Waals surface area contributed by atoms with Gasteiger partial charge in [-0.2, -0.15) is 0 Å². The predicted octanol–water partition coefficient (Wildman–Crippen LogP) is 3.15. The number of nitrogens with one attached hydrogen (secondary N) is 2. The molecular weight excluding hydrogens is 295 g/mol. The molecule has 0 fully saturated rings. The van der Waals surface area contributed by atoms with E-state index in [2.05, 4.69) is 10.6 Å². The molecule has 0 heterocycles. The molecule has 2 aromatic rings. The molecule has 1 amide bonds. The molecule has 0 aliphatic heterocycles. The van der Waals surface area contributed by atoms with Crippen molar-refractivity contribution < 1.29 is 14.0 Å². The van der Waals surface area contributed by atoms with Gasteiger partial charge in [0, 0.05) is 30.8 Å². The minimum absolute atomic E-state index is 0.00660. The molecule has 0 saturated carbocycles. The van der Waals surface area contributed by atoms with Crippen LogP contribution in [0.25, 0.3) is 0 Å². The Balaban J connectivity index is 1.70. The Morgan fingerprint density at radius 1 is 1.00 bits per heavy atom. The van der Waals surface area contributed by atoms with Gasteiger partial charge in [-0.25, -0.2) is 4.39 Å². The SMILES string of the molecule is CC(=O)c1ccc(NC(=O)CCNCc2ccc(F)cc2)cc1. The summed E-state index contributed by atoms with van der Waals surface area (Å²) in [6.07, 6.45) is 0.329. The van der Waals surface area contributed by atoms with Crippen LogP contribution in [-0.2, 0) is 11.3 Å². The number of hydrogen-bond donors (Lipinski definition) is 2. The standard InChI is InChI=1S/C18H19FN2O2/c1-13(22)15-4-8-17(9-5-15)21-18(23)10-11-20-12-14-2-6-16(19)7-3-14/h2-9,20H,10-12H2,1H3,(H,21,23). The van der Waals surface area contributed by atoms with E-state index in [1.807, 2.05) is 0 Å². The third kappa shape index (κ3) is 5.64. The highest BCUT2D eigenvalue weighted by molar-refractivity contribution is 5.95. The lowest BCUT2D eigenvalue weighted by Gasteiger charge is -2.07. The van der Waals surface area contributed by atoms with Gasteiger partial charge in [0.15, 0.2) is 5.78 Å². The molecule has 120 valence electrons. The number of ketones is 1. The van der Waals surface area contributed by atoms with Crippen molar-refractivity contribution in [1.82, 2.24) is 5.32 Å². The first-order chi connectivity index (χ1) is 11.0. The Kier molecular flexibility index (Phi) is 6.00. The Hall–Kier alpha value is -2.53. The molecule has 0 aliphatic carbocycles. The fourth-order valence-corrected chi connectivity index (χ4v) is 2.05. The highest BCUT2D eigenvalue weighted by Crippen LogP contribution is 2.10. The third-order valence-corrected chi connectivity index (χ3v) is 3.35. The largest absolute Gasteiger partial charge is 0.326 e. The molecule has 0 saturated heterocycles. The lowest BCUT2D eigenvalue weighted by atomic mass is 10.1. The van der Waals surface area contributed by atoms with Gasteiger partial charge in [-0.3, -0.25) is 9.59 Å². The van der Waals surface area contributed by atoms with E-state index in [0.717, 1.165) is 5.56 Å². The maximum Gasteiger partial charge on any atom is 0.225 e. The maximum absolute atomic E-state index is 12.8. The quantitative estimate of drug-likeness (QED) is 0.610. The van der Waals surface area contributed by atoms with E-state index >= 15 is 0 Å². The van der Waals surface area contributed by atoms with E-state index in [1.54, 1.807) is 36.4 Å². The molecule has 0 atom stereocenters. The van der Waals surface area contributed by atoms with Crippen molar-refractivity contribution in [3.05, 3.63) is 65.5 Å². The molecule has 0 aliphatic rings. The highest BCUT2D eigenvalue weighted by atomic mass is 19.1. The second-order valence-corrected chi connectivity index (χ2v) is 5.23. The zero-order valence-corrected chi connectivity index (χ0v) is 12.9. The first-order valence-electron chi connectivity index (χ1n) is 7.40. The number of carbonyl (C=O) groups is 2. The second-order valence-electron chi connectivity index (χ2n) is 5.23. The van der Waals surface area contributed by atoms with Crippen molar-refractivity contribution in [3.63, 3.8) is 0 Å². The van der Waals surface area contributed by atoms with Crippen LogP contribution in [0.3, 0.4) is 0 Å². The van der Waals surface area contributed by atoms with E-state index in [0.29, 0.717) is 30.8 Å². The van der Waals surface area contributed by atoms with Crippen LogP contribution in [0.5, 0.6) is 0 Å². The molecule has 23 heavy (non-hydrogen) atoms. The molecule has 2 aromatic carbocycles. The molecule has 0 aromatic heterocycles. The van der Waals surface area contributed by atoms with Crippen LogP contribution in [0.15, 0.2) is 48.5 Å². The lowest BCUT2D eigenvalue weighted by molar-refractivity contribution is -0.116. The summed E-state index contributed by atoms with van der Waals surface area (Å²) in [4.78, 5) is 23.0. The van der Waals surface area contributed by atoms with Crippen LogP contribution in [0.1, 0.15) is 29.3 Å². The van der Waals surface area contributed by atoms with Crippen LogP contribution in [0, 0.1) is 5.82 Å². The first-order valence-corrected chi connectivity index (χ1v) is 7.40. The van der Waals surface area contributed by atoms with Gasteiger partial charge in [0.2, 0.25) is 5.91 Å². The molecule has 2 N–H and O–H groups in total. The van der Waals surface area contributed by atoms with Crippen molar-refractivity contribution in [2.45, 2.75) is 19.9 Å². The summed E-state index contributed by atoms with van der Waals surface area (Å²) in [5.74, 6) is -0.371. The molecule has 5 heteroatoms. The Morgan fingerprint density at radius 2 is 1.65 bits per heavy atom. The summed E-state index contributed by atoms with van der Waals surface area (Å²) in [6, 6.07) is 13.0. The second kappa shape index (κ2) is 8.19. The normalized spacial score (nSPS) is 10.3. The van der Waals surface area contributed by atoms with Crippen LogP contribution in [0.2, 0.25) is 0 Å². The van der Waals surface area contributed by atoms with E-state index < -0.39 is 0 Å². The Labute approximate surface area is 134 Å². The summed E-state index contributed by atoms with van der Waals surface area (Å²) in [6.45, 7) is 2.61. The average molecular weight is 314 g/mol. The summed E-state index contributed by atoms with van der Waals surface area (Å²) in [5.41, 5.74) is 2.24. The predicted molar refractivity (Wildman–Crippen MR) is 87.8 cm³/mol. The van der Waals surface area contributed by atoms with E-state index in [4.69, 9.17) is 0 Å². The number of halogens is 1. The van der Waals surface area contributed by atoms with Gasteiger partial charge in [0.05, 0.1) is 0 Å². The Morgan fingerprint density at radius 3 is 2.26 bits per heavy atom. The zero-order valence-electron chi connectivity index (χ0n) is 12.9. The van der Waals surface area contributed by atoms with Crippen molar-refractivity contribution in [1.29, 1.82) is 0 Å². The number of Topliss-reactive ketones (excluding diaryl/α,β-unsaturated/α-hetero) is 1. The van der Waals surface area contributed by atoms with Crippen LogP contribution < -0.4 is 10.6 Å². The van der Waals surface area contributed by atoms with Crippen molar-refractivity contribution in [2.24, 2.45) is 0 Å². The molecule has 0 radical (unpaired) electrons. The fourth-order valence-electron chi connectivity index (χ4n) is 2.05. The van der Waals surface area contributed by atoms with Gasteiger partial charge in [0.1, 0.15) is 5.82 Å². The van der Waals surface area contributed by atoms with Gasteiger partial charge in [-0.05, 0) is 48.9 Å². The Bertz CT molecular complexity index is 666. The summed E-state index contributed by atoms with van der Waals surface area (Å²) in [7, 11) is 0. The maximum atomic E-state index is 12.8. The molecule has 2 rings (SSSR count).